The molecular formula is C23H26N4O3. The van der Waals surface area contributed by atoms with Gasteiger partial charge in [0.1, 0.15) is 5.82 Å². The number of hydrogen-bond acceptors (Lipinski definition) is 6. The molecule has 1 aromatic carbocycles. The Morgan fingerprint density at radius 2 is 2.07 bits per heavy atom. The molecule has 1 amide bonds. The molecule has 1 aromatic heterocycles. The molecule has 4 rings (SSSR count). The van der Waals surface area contributed by atoms with Gasteiger partial charge in [-0.05, 0) is 37.5 Å². The van der Waals surface area contributed by atoms with E-state index in [1.165, 1.54) is 0 Å². The lowest BCUT2D eigenvalue weighted by Gasteiger charge is -2.39. The quantitative estimate of drug-likeness (QED) is 0.760. The zero-order valence-electron chi connectivity index (χ0n) is 17.4. The predicted octanol–water partition coefficient (Wildman–Crippen LogP) is 2.99. The van der Waals surface area contributed by atoms with E-state index in [1.54, 1.807) is 32.5 Å². The fourth-order valence-electron chi connectivity index (χ4n) is 4.69. The van der Waals surface area contributed by atoms with Gasteiger partial charge in [0.15, 0.2) is 11.5 Å². The standard InChI is InChI=1S/C23H26N4O3/c1-29-19-6-3-5-18(21(19)30-2)15-26-11-4-8-23(22(26)28)9-12-27(16-23)20-13-17(14-24)7-10-25-20/h3,5-7,10,13H,4,8-9,11-12,15-16H2,1-2H3/t23-/m0/s1. The highest BCUT2D eigenvalue weighted by atomic mass is 16.5. The molecule has 0 unspecified atom stereocenters. The first-order chi connectivity index (χ1) is 14.6. The minimum atomic E-state index is -0.394. The van der Waals surface area contributed by atoms with E-state index in [2.05, 4.69) is 16.0 Å². The number of piperidine rings is 1. The second-order valence-corrected chi connectivity index (χ2v) is 7.95. The minimum Gasteiger partial charge on any atom is -0.493 e. The molecule has 156 valence electrons. The van der Waals surface area contributed by atoms with Crippen LogP contribution in [0.15, 0.2) is 36.5 Å². The van der Waals surface area contributed by atoms with Gasteiger partial charge in [0.05, 0.1) is 31.3 Å². The first kappa shape index (κ1) is 20.0. The smallest absolute Gasteiger partial charge is 0.230 e. The van der Waals surface area contributed by atoms with Gasteiger partial charge in [-0.15, -0.1) is 0 Å². The van der Waals surface area contributed by atoms with Gasteiger partial charge in [0.25, 0.3) is 0 Å². The molecule has 0 aliphatic carbocycles. The number of anilines is 1. The largest absolute Gasteiger partial charge is 0.493 e. The maximum atomic E-state index is 13.6. The summed E-state index contributed by atoms with van der Waals surface area (Å²) in [5, 5.41) is 9.17. The Morgan fingerprint density at radius 3 is 2.83 bits per heavy atom. The second kappa shape index (κ2) is 8.23. The van der Waals surface area contributed by atoms with Crippen molar-refractivity contribution in [1.29, 1.82) is 5.26 Å². The molecule has 2 saturated heterocycles. The van der Waals surface area contributed by atoms with Crippen molar-refractivity contribution in [3.05, 3.63) is 47.7 Å². The third kappa shape index (κ3) is 3.54. The first-order valence-corrected chi connectivity index (χ1v) is 10.2. The third-order valence-electron chi connectivity index (χ3n) is 6.22. The molecule has 0 saturated carbocycles. The Labute approximate surface area is 176 Å². The topological polar surface area (TPSA) is 78.7 Å². The van der Waals surface area contributed by atoms with Gasteiger partial charge in [-0.3, -0.25) is 4.79 Å². The van der Waals surface area contributed by atoms with Crippen LogP contribution in [-0.2, 0) is 11.3 Å². The van der Waals surface area contributed by atoms with Gasteiger partial charge in [0.2, 0.25) is 5.91 Å². The highest BCUT2D eigenvalue weighted by Gasteiger charge is 2.48. The van der Waals surface area contributed by atoms with E-state index in [9.17, 15) is 4.79 Å². The Balaban J connectivity index is 1.53. The number of benzene rings is 1. The predicted molar refractivity (Wildman–Crippen MR) is 112 cm³/mol. The van der Waals surface area contributed by atoms with E-state index in [0.717, 1.165) is 43.7 Å². The van der Waals surface area contributed by atoms with Crippen molar-refractivity contribution in [1.82, 2.24) is 9.88 Å². The van der Waals surface area contributed by atoms with E-state index in [4.69, 9.17) is 14.7 Å². The highest BCUT2D eigenvalue weighted by Crippen LogP contribution is 2.42. The number of hydrogen-bond donors (Lipinski definition) is 0. The number of ether oxygens (including phenoxy) is 2. The number of likely N-dealkylation sites (tertiary alicyclic amines) is 1. The van der Waals surface area contributed by atoms with Gasteiger partial charge in [-0.25, -0.2) is 4.98 Å². The van der Waals surface area contributed by atoms with Crippen LogP contribution in [0.5, 0.6) is 11.5 Å². The summed E-state index contributed by atoms with van der Waals surface area (Å²) in [6.45, 7) is 2.65. The molecule has 30 heavy (non-hydrogen) atoms. The van der Waals surface area contributed by atoms with Gasteiger partial charge in [-0.1, -0.05) is 12.1 Å². The van der Waals surface area contributed by atoms with Crippen LogP contribution in [-0.4, -0.2) is 49.6 Å². The molecule has 3 heterocycles. The molecule has 0 bridgehead atoms. The van der Waals surface area contributed by atoms with Gasteiger partial charge in [-0.2, -0.15) is 5.26 Å². The molecule has 7 nitrogen and oxygen atoms in total. The summed E-state index contributed by atoms with van der Waals surface area (Å²) in [5.74, 6) is 2.31. The van der Waals surface area contributed by atoms with E-state index < -0.39 is 5.41 Å². The van der Waals surface area contributed by atoms with Crippen LogP contribution in [0.1, 0.15) is 30.4 Å². The molecule has 7 heteroatoms. The summed E-state index contributed by atoms with van der Waals surface area (Å²) in [7, 11) is 3.24. The number of nitrogens with zero attached hydrogens (tertiary/aromatic N) is 4. The summed E-state index contributed by atoms with van der Waals surface area (Å²) in [4.78, 5) is 22.1. The highest BCUT2D eigenvalue weighted by molar-refractivity contribution is 5.85. The lowest BCUT2D eigenvalue weighted by atomic mass is 9.78. The summed E-state index contributed by atoms with van der Waals surface area (Å²) >= 11 is 0. The van der Waals surface area contributed by atoms with E-state index in [-0.39, 0.29) is 5.91 Å². The zero-order valence-corrected chi connectivity index (χ0v) is 17.4. The van der Waals surface area contributed by atoms with Crippen molar-refractivity contribution in [2.24, 2.45) is 5.41 Å². The molecule has 1 spiro atoms. The van der Waals surface area contributed by atoms with Crippen LogP contribution >= 0.6 is 0 Å². The van der Waals surface area contributed by atoms with Gasteiger partial charge >= 0.3 is 0 Å². The zero-order chi connectivity index (χ0) is 21.1. The SMILES string of the molecule is COc1cccc(CN2CCC[C@@]3(CCN(c4cc(C#N)ccn4)C3)C2=O)c1OC. The van der Waals surface area contributed by atoms with E-state index in [0.29, 0.717) is 30.2 Å². The van der Waals surface area contributed by atoms with Crippen molar-refractivity contribution >= 4 is 11.7 Å². The van der Waals surface area contributed by atoms with Crippen LogP contribution in [0.4, 0.5) is 5.82 Å². The summed E-state index contributed by atoms with van der Waals surface area (Å²) in [5.41, 5.74) is 1.14. The van der Waals surface area contributed by atoms with Crippen LogP contribution in [0.2, 0.25) is 0 Å². The molecule has 1 atom stereocenters. The Hall–Kier alpha value is -3.27. The number of nitriles is 1. The molecule has 0 N–H and O–H groups in total. The maximum Gasteiger partial charge on any atom is 0.230 e. The number of rotatable bonds is 5. The van der Waals surface area contributed by atoms with Gasteiger partial charge in [0, 0.05) is 37.9 Å². The summed E-state index contributed by atoms with van der Waals surface area (Å²) in [6, 6.07) is 11.4. The number of carbonyl (C=O) groups is 1. The minimum absolute atomic E-state index is 0.192. The van der Waals surface area contributed by atoms with Crippen molar-refractivity contribution in [2.45, 2.75) is 25.8 Å². The Bertz CT molecular complexity index is 987. The van der Waals surface area contributed by atoms with Crippen LogP contribution in [0.3, 0.4) is 0 Å². The van der Waals surface area contributed by atoms with Crippen LogP contribution in [0.25, 0.3) is 0 Å². The fraction of sp³-hybridized carbons (Fsp3) is 0.435. The number of carbonyl (C=O) groups excluding carboxylic acids is 1. The first-order valence-electron chi connectivity index (χ1n) is 10.2. The lowest BCUT2D eigenvalue weighted by molar-refractivity contribution is -0.145. The fourth-order valence-corrected chi connectivity index (χ4v) is 4.69. The molecule has 0 radical (unpaired) electrons. The average molecular weight is 406 g/mol. The molecule has 2 aromatic rings. The monoisotopic (exact) mass is 406 g/mol. The lowest BCUT2D eigenvalue weighted by Crippen LogP contribution is -2.49. The molecule has 2 aliphatic heterocycles. The molecule has 2 aliphatic rings. The van der Waals surface area contributed by atoms with Crippen LogP contribution < -0.4 is 14.4 Å². The number of amides is 1. The van der Waals surface area contributed by atoms with E-state index >= 15 is 0 Å². The van der Waals surface area contributed by atoms with Gasteiger partial charge < -0.3 is 19.3 Å². The summed E-state index contributed by atoms with van der Waals surface area (Å²) < 4.78 is 11.0. The number of para-hydroxylation sites is 1. The number of methoxy groups -OCH3 is 2. The summed E-state index contributed by atoms with van der Waals surface area (Å²) in [6.07, 6.45) is 4.31. The van der Waals surface area contributed by atoms with Crippen molar-refractivity contribution in [3.8, 4) is 17.6 Å². The number of pyridine rings is 1. The Morgan fingerprint density at radius 1 is 1.20 bits per heavy atom. The average Bonchev–Trinajstić information content (AvgIpc) is 3.22. The number of aromatic nitrogens is 1. The van der Waals surface area contributed by atoms with Crippen molar-refractivity contribution in [2.75, 3.05) is 38.8 Å². The van der Waals surface area contributed by atoms with Crippen molar-refractivity contribution < 1.29 is 14.3 Å². The maximum absolute atomic E-state index is 13.6. The normalized spacial score (nSPS) is 21.0. The molecular weight excluding hydrogens is 380 g/mol. The Kier molecular flexibility index (Phi) is 5.49. The van der Waals surface area contributed by atoms with Crippen LogP contribution in [0, 0.1) is 16.7 Å². The van der Waals surface area contributed by atoms with E-state index in [1.807, 2.05) is 23.1 Å². The second-order valence-electron chi connectivity index (χ2n) is 7.95. The molecule has 2 fully saturated rings. The van der Waals surface area contributed by atoms with Crippen molar-refractivity contribution in [3.63, 3.8) is 0 Å². The third-order valence-corrected chi connectivity index (χ3v) is 6.22.